The number of rotatable bonds is 2. The molecule has 19 heavy (non-hydrogen) atoms. The summed E-state index contributed by atoms with van der Waals surface area (Å²) in [6.45, 7) is 1.91. The van der Waals surface area contributed by atoms with Gasteiger partial charge < -0.3 is 5.11 Å². The maximum Gasteiger partial charge on any atom is 0.335 e. The van der Waals surface area contributed by atoms with Crippen molar-refractivity contribution in [1.82, 2.24) is 14.8 Å². The van der Waals surface area contributed by atoms with Gasteiger partial charge in [-0.1, -0.05) is 6.07 Å². The Morgan fingerprint density at radius 2 is 2.11 bits per heavy atom. The van der Waals surface area contributed by atoms with Crippen LogP contribution in [0.2, 0.25) is 0 Å². The Morgan fingerprint density at radius 3 is 2.84 bits per heavy atom. The van der Waals surface area contributed by atoms with Gasteiger partial charge in [-0.2, -0.15) is 5.10 Å². The number of carbonyl (C=O) groups is 1. The normalized spacial score (nSPS) is 10.8. The maximum absolute atomic E-state index is 10.9. The fourth-order valence-electron chi connectivity index (χ4n) is 2.00. The molecular formula is C14H11N3O2. The summed E-state index contributed by atoms with van der Waals surface area (Å²) in [7, 11) is 0. The molecule has 0 saturated carbocycles. The lowest BCUT2D eigenvalue weighted by molar-refractivity contribution is 0.0697. The number of aromatic nitrogens is 3. The summed E-state index contributed by atoms with van der Waals surface area (Å²) in [6.07, 6.45) is 1.64. The molecule has 0 atom stereocenters. The molecule has 0 aliphatic rings. The zero-order valence-electron chi connectivity index (χ0n) is 10.2. The third-order valence-corrected chi connectivity index (χ3v) is 2.91. The SMILES string of the molecule is Cc1cccc(-n2ncc3cc(C(=O)O)ccc32)n1. The lowest BCUT2D eigenvalue weighted by atomic mass is 10.1. The van der Waals surface area contributed by atoms with Crippen LogP contribution in [-0.4, -0.2) is 25.8 Å². The first-order chi connectivity index (χ1) is 9.15. The Labute approximate surface area is 109 Å². The van der Waals surface area contributed by atoms with Crippen molar-refractivity contribution in [1.29, 1.82) is 0 Å². The largest absolute Gasteiger partial charge is 0.478 e. The predicted molar refractivity (Wildman–Crippen MR) is 70.6 cm³/mol. The van der Waals surface area contributed by atoms with E-state index in [1.807, 2.05) is 25.1 Å². The minimum absolute atomic E-state index is 0.254. The van der Waals surface area contributed by atoms with E-state index < -0.39 is 5.97 Å². The molecule has 0 amide bonds. The van der Waals surface area contributed by atoms with Crippen LogP contribution in [0.1, 0.15) is 16.1 Å². The number of aryl methyl sites for hydroxylation is 1. The standard InChI is InChI=1S/C14H11N3O2/c1-9-3-2-4-13(16-9)17-12-6-5-10(14(18)19)7-11(12)8-15-17/h2-8H,1H3,(H,18,19). The molecule has 5 heteroatoms. The van der Waals surface area contributed by atoms with Gasteiger partial charge in [0.1, 0.15) is 0 Å². The van der Waals surface area contributed by atoms with E-state index in [4.69, 9.17) is 5.11 Å². The average molecular weight is 253 g/mol. The summed E-state index contributed by atoms with van der Waals surface area (Å²) in [6, 6.07) is 10.6. The summed E-state index contributed by atoms with van der Waals surface area (Å²) in [4.78, 5) is 15.3. The Hall–Kier alpha value is -2.69. The van der Waals surface area contributed by atoms with E-state index in [0.29, 0.717) is 0 Å². The zero-order valence-corrected chi connectivity index (χ0v) is 10.2. The maximum atomic E-state index is 10.9. The number of aromatic carboxylic acids is 1. The molecule has 0 fully saturated rings. The second-order valence-electron chi connectivity index (χ2n) is 4.27. The molecule has 0 bridgehead atoms. The molecule has 2 aromatic heterocycles. The molecule has 2 heterocycles. The number of carboxylic acids is 1. The number of fused-ring (bicyclic) bond motifs is 1. The van der Waals surface area contributed by atoms with Gasteiger partial charge in [0.15, 0.2) is 5.82 Å². The summed E-state index contributed by atoms with van der Waals surface area (Å²) in [5.74, 6) is -0.221. The van der Waals surface area contributed by atoms with Crippen molar-refractivity contribution >= 4 is 16.9 Å². The van der Waals surface area contributed by atoms with E-state index >= 15 is 0 Å². The van der Waals surface area contributed by atoms with Crippen molar-refractivity contribution < 1.29 is 9.90 Å². The highest BCUT2D eigenvalue weighted by molar-refractivity contribution is 5.93. The van der Waals surface area contributed by atoms with Crippen LogP contribution in [0.3, 0.4) is 0 Å². The molecule has 0 saturated heterocycles. The Balaban J connectivity index is 2.18. The van der Waals surface area contributed by atoms with E-state index in [1.165, 1.54) is 0 Å². The van der Waals surface area contributed by atoms with Crippen LogP contribution in [-0.2, 0) is 0 Å². The molecule has 3 aromatic rings. The number of pyridine rings is 1. The summed E-state index contributed by atoms with van der Waals surface area (Å²) >= 11 is 0. The minimum atomic E-state index is -0.941. The van der Waals surface area contributed by atoms with E-state index in [1.54, 1.807) is 29.1 Å². The first kappa shape index (κ1) is 11.4. The topological polar surface area (TPSA) is 68.0 Å². The van der Waals surface area contributed by atoms with Crippen molar-refractivity contribution in [3.63, 3.8) is 0 Å². The Bertz CT molecular complexity index is 777. The quantitative estimate of drug-likeness (QED) is 0.761. The van der Waals surface area contributed by atoms with Gasteiger partial charge in [-0.25, -0.2) is 14.5 Å². The van der Waals surface area contributed by atoms with E-state index in [0.717, 1.165) is 22.4 Å². The zero-order chi connectivity index (χ0) is 13.4. The summed E-state index contributed by atoms with van der Waals surface area (Å²) < 4.78 is 1.70. The molecule has 1 N–H and O–H groups in total. The number of carboxylic acid groups (broad SMARTS) is 1. The van der Waals surface area contributed by atoms with Gasteiger partial charge in [0, 0.05) is 11.1 Å². The van der Waals surface area contributed by atoms with Gasteiger partial charge in [-0.15, -0.1) is 0 Å². The smallest absolute Gasteiger partial charge is 0.335 e. The van der Waals surface area contributed by atoms with Crippen molar-refractivity contribution in [2.24, 2.45) is 0 Å². The Morgan fingerprint density at radius 1 is 1.26 bits per heavy atom. The summed E-state index contributed by atoms with van der Waals surface area (Å²) in [5, 5.41) is 14.0. The number of benzene rings is 1. The van der Waals surface area contributed by atoms with Gasteiger partial charge in [0.25, 0.3) is 0 Å². The fourth-order valence-corrected chi connectivity index (χ4v) is 2.00. The van der Waals surface area contributed by atoms with E-state index in [-0.39, 0.29) is 5.56 Å². The second-order valence-corrected chi connectivity index (χ2v) is 4.27. The second kappa shape index (κ2) is 4.20. The molecule has 1 aromatic carbocycles. The molecule has 0 aliphatic heterocycles. The van der Waals surface area contributed by atoms with Crippen LogP contribution in [0.4, 0.5) is 0 Å². The number of hydrogen-bond acceptors (Lipinski definition) is 3. The minimum Gasteiger partial charge on any atom is -0.478 e. The van der Waals surface area contributed by atoms with Gasteiger partial charge in [-0.3, -0.25) is 0 Å². The van der Waals surface area contributed by atoms with Crippen molar-refractivity contribution in [3.8, 4) is 5.82 Å². The molecule has 94 valence electrons. The van der Waals surface area contributed by atoms with Crippen LogP contribution < -0.4 is 0 Å². The van der Waals surface area contributed by atoms with Crippen LogP contribution in [0, 0.1) is 6.92 Å². The third-order valence-electron chi connectivity index (χ3n) is 2.91. The first-order valence-corrected chi connectivity index (χ1v) is 5.80. The van der Waals surface area contributed by atoms with Crippen molar-refractivity contribution in [3.05, 3.63) is 53.9 Å². The number of nitrogens with zero attached hydrogens (tertiary/aromatic N) is 3. The number of hydrogen-bond donors (Lipinski definition) is 1. The van der Waals surface area contributed by atoms with Crippen LogP contribution >= 0.6 is 0 Å². The lowest BCUT2D eigenvalue weighted by Gasteiger charge is -2.03. The fraction of sp³-hybridized carbons (Fsp3) is 0.0714. The van der Waals surface area contributed by atoms with Crippen molar-refractivity contribution in [2.45, 2.75) is 6.92 Å². The third kappa shape index (κ3) is 1.95. The van der Waals surface area contributed by atoms with Gasteiger partial charge in [-0.05, 0) is 37.3 Å². The molecule has 0 spiro atoms. The predicted octanol–water partition coefficient (Wildman–Crippen LogP) is 2.43. The molecule has 0 aliphatic carbocycles. The highest BCUT2D eigenvalue weighted by atomic mass is 16.4. The van der Waals surface area contributed by atoms with E-state index in [9.17, 15) is 4.79 Å². The molecular weight excluding hydrogens is 242 g/mol. The van der Waals surface area contributed by atoms with Crippen LogP contribution in [0.15, 0.2) is 42.6 Å². The highest BCUT2D eigenvalue weighted by Crippen LogP contribution is 2.19. The van der Waals surface area contributed by atoms with Crippen molar-refractivity contribution in [2.75, 3.05) is 0 Å². The van der Waals surface area contributed by atoms with Gasteiger partial charge >= 0.3 is 5.97 Å². The van der Waals surface area contributed by atoms with Gasteiger partial charge in [0.05, 0.1) is 17.3 Å². The molecule has 0 unspecified atom stereocenters. The average Bonchev–Trinajstić information content (AvgIpc) is 2.81. The summed E-state index contributed by atoms with van der Waals surface area (Å²) in [5.41, 5.74) is 2.00. The monoisotopic (exact) mass is 253 g/mol. The van der Waals surface area contributed by atoms with Crippen LogP contribution in [0.5, 0.6) is 0 Å². The Kier molecular flexibility index (Phi) is 2.52. The first-order valence-electron chi connectivity index (χ1n) is 5.80. The highest BCUT2D eigenvalue weighted by Gasteiger charge is 2.09. The van der Waals surface area contributed by atoms with Gasteiger partial charge in [0.2, 0.25) is 0 Å². The lowest BCUT2D eigenvalue weighted by Crippen LogP contribution is -2.00. The van der Waals surface area contributed by atoms with E-state index in [2.05, 4.69) is 10.1 Å². The molecule has 3 rings (SSSR count). The molecule has 0 radical (unpaired) electrons. The molecule has 5 nitrogen and oxygen atoms in total. The van der Waals surface area contributed by atoms with Crippen LogP contribution in [0.25, 0.3) is 16.7 Å².